The summed E-state index contributed by atoms with van der Waals surface area (Å²) in [5.74, 6) is 0.988. The number of nitrogens with one attached hydrogen (secondary N) is 1. The third-order valence-corrected chi connectivity index (χ3v) is 4.27. The second-order valence-corrected chi connectivity index (χ2v) is 6.29. The smallest absolute Gasteiger partial charge is 0.331 e. The monoisotopic (exact) mass is 295 g/mol. The number of benzene rings is 1. The lowest BCUT2D eigenvalue weighted by Gasteiger charge is -2.48. The fraction of sp³-hybridized carbons (Fsp3) is 0.562. The van der Waals surface area contributed by atoms with Crippen LogP contribution in [0.3, 0.4) is 0 Å². The van der Waals surface area contributed by atoms with Gasteiger partial charge in [-0.15, -0.1) is 0 Å². The summed E-state index contributed by atoms with van der Waals surface area (Å²) in [5.41, 5.74) is 0.281. The van der Waals surface area contributed by atoms with Gasteiger partial charge in [0, 0.05) is 10.7 Å². The van der Waals surface area contributed by atoms with Crippen molar-refractivity contribution in [1.29, 1.82) is 0 Å². The topological polar surface area (TPSA) is 38.3 Å². The Balaban J connectivity index is 2.14. The third-order valence-electron chi connectivity index (χ3n) is 4.04. The van der Waals surface area contributed by atoms with E-state index in [0.29, 0.717) is 23.5 Å². The molecule has 2 rings (SSSR count). The molecule has 1 aromatic carbocycles. The van der Waals surface area contributed by atoms with Crippen molar-refractivity contribution in [2.45, 2.75) is 39.2 Å². The molecule has 0 atom stereocenters. The summed E-state index contributed by atoms with van der Waals surface area (Å²) in [6.45, 7) is 6.63. The van der Waals surface area contributed by atoms with Crippen LogP contribution < -0.4 is 5.32 Å². The first-order valence-electron chi connectivity index (χ1n) is 7.18. The van der Waals surface area contributed by atoms with Crippen LogP contribution in [0.5, 0.6) is 0 Å². The number of hydrogen-bond donors (Lipinski definition) is 1. The van der Waals surface area contributed by atoms with E-state index < -0.39 is 5.54 Å². The molecular weight excluding hydrogens is 274 g/mol. The molecule has 0 aliphatic heterocycles. The Morgan fingerprint density at radius 1 is 1.50 bits per heavy atom. The van der Waals surface area contributed by atoms with Crippen LogP contribution in [0.4, 0.5) is 5.69 Å². The molecule has 1 saturated carbocycles. The Morgan fingerprint density at radius 3 is 2.75 bits per heavy atom. The van der Waals surface area contributed by atoms with Gasteiger partial charge < -0.3 is 10.1 Å². The van der Waals surface area contributed by atoms with Crippen molar-refractivity contribution in [3.05, 3.63) is 29.3 Å². The maximum atomic E-state index is 12.3. The van der Waals surface area contributed by atoms with E-state index in [1.165, 1.54) is 0 Å². The fourth-order valence-electron chi connectivity index (χ4n) is 2.74. The highest BCUT2D eigenvalue weighted by Gasteiger charge is 2.52. The highest BCUT2D eigenvalue weighted by molar-refractivity contribution is 6.30. The Kier molecular flexibility index (Phi) is 4.59. The van der Waals surface area contributed by atoms with E-state index in [9.17, 15) is 4.79 Å². The van der Waals surface area contributed by atoms with Crippen LogP contribution in [-0.4, -0.2) is 18.1 Å². The lowest BCUT2D eigenvalue weighted by molar-refractivity contribution is -0.154. The Labute approximate surface area is 125 Å². The zero-order valence-electron chi connectivity index (χ0n) is 12.3. The van der Waals surface area contributed by atoms with Crippen LogP contribution in [0.2, 0.25) is 5.02 Å². The normalized spacial score (nSPS) is 25.1. The van der Waals surface area contributed by atoms with E-state index in [1.807, 2.05) is 31.2 Å². The van der Waals surface area contributed by atoms with E-state index in [-0.39, 0.29) is 5.97 Å². The van der Waals surface area contributed by atoms with Gasteiger partial charge in [-0.25, -0.2) is 4.79 Å². The van der Waals surface area contributed by atoms with Crippen molar-refractivity contribution in [3.63, 3.8) is 0 Å². The van der Waals surface area contributed by atoms with Gasteiger partial charge in [0.1, 0.15) is 5.54 Å². The summed E-state index contributed by atoms with van der Waals surface area (Å²) in [6, 6.07) is 7.46. The molecule has 1 aliphatic carbocycles. The zero-order chi connectivity index (χ0) is 14.8. The van der Waals surface area contributed by atoms with E-state index in [4.69, 9.17) is 16.3 Å². The Bertz CT molecular complexity index is 481. The minimum absolute atomic E-state index is 0.156. The second kappa shape index (κ2) is 6.04. The summed E-state index contributed by atoms with van der Waals surface area (Å²) in [4.78, 5) is 12.3. The molecule has 20 heavy (non-hydrogen) atoms. The molecule has 4 heteroatoms. The number of esters is 1. The van der Waals surface area contributed by atoms with Gasteiger partial charge in [-0.3, -0.25) is 0 Å². The van der Waals surface area contributed by atoms with Gasteiger partial charge in [-0.05, 0) is 49.8 Å². The predicted octanol–water partition coefficient (Wildman–Crippen LogP) is 4.12. The summed E-state index contributed by atoms with van der Waals surface area (Å²) < 4.78 is 5.25. The van der Waals surface area contributed by atoms with Crippen molar-refractivity contribution in [1.82, 2.24) is 0 Å². The maximum Gasteiger partial charge on any atom is 0.331 e. The van der Waals surface area contributed by atoms with Gasteiger partial charge in [0.2, 0.25) is 0 Å². The number of hydrogen-bond acceptors (Lipinski definition) is 3. The van der Waals surface area contributed by atoms with Gasteiger partial charge >= 0.3 is 5.97 Å². The molecule has 1 aromatic rings. The standard InChI is InChI=1S/C16H22ClNO2/c1-4-20-15(19)16(9-12(10-16)11(2)3)18-14-7-5-6-13(17)8-14/h5-8,11-12,18H,4,9-10H2,1-3H3. The highest BCUT2D eigenvalue weighted by Crippen LogP contribution is 2.45. The van der Waals surface area contributed by atoms with E-state index in [2.05, 4.69) is 19.2 Å². The minimum Gasteiger partial charge on any atom is -0.464 e. The van der Waals surface area contributed by atoms with Crippen molar-refractivity contribution in [3.8, 4) is 0 Å². The quantitative estimate of drug-likeness (QED) is 0.831. The van der Waals surface area contributed by atoms with Crippen molar-refractivity contribution >= 4 is 23.3 Å². The molecule has 0 heterocycles. The number of halogens is 1. The Morgan fingerprint density at radius 2 is 2.20 bits per heavy atom. The Hall–Kier alpha value is -1.22. The minimum atomic E-state index is -0.588. The number of ether oxygens (including phenoxy) is 1. The average molecular weight is 296 g/mol. The second-order valence-electron chi connectivity index (χ2n) is 5.85. The molecule has 1 fully saturated rings. The molecule has 1 N–H and O–H groups in total. The average Bonchev–Trinajstić information content (AvgIpc) is 2.33. The first-order chi connectivity index (χ1) is 9.47. The van der Waals surface area contributed by atoms with Gasteiger partial charge in [0.15, 0.2) is 0 Å². The summed E-state index contributed by atoms with van der Waals surface area (Å²) >= 11 is 6.00. The van der Waals surface area contributed by atoms with Crippen LogP contribution >= 0.6 is 11.6 Å². The van der Waals surface area contributed by atoms with Crippen LogP contribution in [0.1, 0.15) is 33.6 Å². The number of carbonyl (C=O) groups is 1. The van der Waals surface area contributed by atoms with Gasteiger partial charge in [-0.2, -0.15) is 0 Å². The zero-order valence-corrected chi connectivity index (χ0v) is 13.0. The lowest BCUT2D eigenvalue weighted by atomic mass is 9.64. The van der Waals surface area contributed by atoms with Crippen LogP contribution in [-0.2, 0) is 9.53 Å². The molecule has 0 saturated heterocycles. The predicted molar refractivity (Wildman–Crippen MR) is 82.0 cm³/mol. The molecule has 3 nitrogen and oxygen atoms in total. The first-order valence-corrected chi connectivity index (χ1v) is 7.55. The molecule has 0 radical (unpaired) electrons. The third kappa shape index (κ3) is 3.09. The molecule has 0 amide bonds. The molecule has 0 spiro atoms. The molecule has 0 bridgehead atoms. The summed E-state index contributed by atoms with van der Waals surface area (Å²) in [7, 11) is 0. The van der Waals surface area contributed by atoms with Crippen molar-refractivity contribution in [2.24, 2.45) is 11.8 Å². The van der Waals surface area contributed by atoms with Gasteiger partial charge in [0.25, 0.3) is 0 Å². The first kappa shape index (κ1) is 15.2. The highest BCUT2D eigenvalue weighted by atomic mass is 35.5. The fourth-order valence-corrected chi connectivity index (χ4v) is 2.93. The van der Waals surface area contributed by atoms with E-state index >= 15 is 0 Å². The van der Waals surface area contributed by atoms with E-state index in [0.717, 1.165) is 18.5 Å². The molecule has 0 unspecified atom stereocenters. The van der Waals surface area contributed by atoms with E-state index in [1.54, 1.807) is 0 Å². The lowest BCUT2D eigenvalue weighted by Crippen LogP contribution is -2.58. The SMILES string of the molecule is CCOC(=O)C1(Nc2cccc(Cl)c2)CC(C(C)C)C1. The summed E-state index contributed by atoms with van der Waals surface area (Å²) in [5, 5.41) is 4.00. The summed E-state index contributed by atoms with van der Waals surface area (Å²) in [6.07, 6.45) is 1.63. The van der Waals surface area contributed by atoms with Crippen molar-refractivity contribution < 1.29 is 9.53 Å². The molecular formula is C16H22ClNO2. The molecule has 1 aliphatic rings. The van der Waals surface area contributed by atoms with Crippen LogP contribution in [0.25, 0.3) is 0 Å². The van der Waals surface area contributed by atoms with Gasteiger partial charge in [-0.1, -0.05) is 31.5 Å². The number of anilines is 1. The van der Waals surface area contributed by atoms with Crippen LogP contribution in [0.15, 0.2) is 24.3 Å². The largest absolute Gasteiger partial charge is 0.464 e. The number of rotatable bonds is 5. The van der Waals surface area contributed by atoms with Gasteiger partial charge in [0.05, 0.1) is 6.61 Å². The number of carbonyl (C=O) groups excluding carboxylic acids is 1. The maximum absolute atomic E-state index is 12.3. The molecule has 0 aromatic heterocycles. The van der Waals surface area contributed by atoms with Crippen LogP contribution in [0, 0.1) is 11.8 Å². The molecule has 110 valence electrons. The van der Waals surface area contributed by atoms with Crippen molar-refractivity contribution in [2.75, 3.05) is 11.9 Å².